The van der Waals surface area contributed by atoms with Gasteiger partial charge in [0.1, 0.15) is 11.9 Å². The minimum atomic E-state index is -0.186. The van der Waals surface area contributed by atoms with Crippen molar-refractivity contribution in [1.82, 2.24) is 4.90 Å². The number of aliphatic hydroxyl groups excluding tert-OH is 1. The van der Waals surface area contributed by atoms with Crippen LogP contribution >= 0.6 is 0 Å². The number of aryl methyl sites for hydroxylation is 1. The lowest BCUT2D eigenvalue weighted by Gasteiger charge is -2.33. The van der Waals surface area contributed by atoms with Crippen LogP contribution in [0.4, 0.5) is 0 Å². The average molecular weight is 263 g/mol. The first-order chi connectivity index (χ1) is 9.17. The van der Waals surface area contributed by atoms with E-state index >= 15 is 0 Å². The van der Waals surface area contributed by atoms with E-state index in [-0.39, 0.29) is 6.10 Å². The Morgan fingerprint density at radius 1 is 1.26 bits per heavy atom. The van der Waals surface area contributed by atoms with E-state index in [1.54, 1.807) is 0 Å². The van der Waals surface area contributed by atoms with E-state index in [2.05, 4.69) is 24.0 Å². The number of hydrogen-bond acceptors (Lipinski definition) is 3. The highest BCUT2D eigenvalue weighted by atomic mass is 16.5. The summed E-state index contributed by atoms with van der Waals surface area (Å²) in [5, 5.41) is 9.66. The third kappa shape index (κ3) is 4.51. The third-order valence-electron chi connectivity index (χ3n) is 3.80. The molecule has 1 aromatic carbocycles. The Labute approximate surface area is 116 Å². The minimum Gasteiger partial charge on any atom is -0.490 e. The molecule has 0 amide bonds. The highest BCUT2D eigenvalue weighted by Crippen LogP contribution is 2.19. The van der Waals surface area contributed by atoms with E-state index in [4.69, 9.17) is 4.74 Å². The van der Waals surface area contributed by atoms with Gasteiger partial charge in [0, 0.05) is 19.6 Å². The monoisotopic (exact) mass is 263 g/mol. The molecule has 0 saturated carbocycles. The Kier molecular flexibility index (Phi) is 5.23. The summed E-state index contributed by atoms with van der Waals surface area (Å²) in [4.78, 5) is 2.34. The van der Waals surface area contributed by atoms with E-state index < -0.39 is 0 Å². The van der Waals surface area contributed by atoms with Crippen molar-refractivity contribution in [3.05, 3.63) is 29.8 Å². The zero-order chi connectivity index (χ0) is 13.7. The second kappa shape index (κ2) is 6.92. The van der Waals surface area contributed by atoms with Gasteiger partial charge in [0.15, 0.2) is 0 Å². The molecule has 0 spiro atoms. The molecule has 19 heavy (non-hydrogen) atoms. The zero-order valence-electron chi connectivity index (χ0n) is 12.0. The summed E-state index contributed by atoms with van der Waals surface area (Å²) in [6, 6.07) is 8.26. The Morgan fingerprint density at radius 3 is 2.47 bits per heavy atom. The van der Waals surface area contributed by atoms with Crippen LogP contribution in [-0.2, 0) is 0 Å². The standard InChI is InChI=1S/C16H25NO2/c1-3-14(18)12-17-10-8-16(9-11-17)19-15-6-4-13(2)5-7-15/h4-7,14,16,18H,3,8-12H2,1-2H3. The van der Waals surface area contributed by atoms with Crippen molar-refractivity contribution < 1.29 is 9.84 Å². The van der Waals surface area contributed by atoms with Crippen molar-refractivity contribution in [3.63, 3.8) is 0 Å². The molecule has 1 N–H and O–H groups in total. The summed E-state index contributed by atoms with van der Waals surface area (Å²) in [6.45, 7) is 6.95. The lowest BCUT2D eigenvalue weighted by atomic mass is 10.1. The van der Waals surface area contributed by atoms with Gasteiger partial charge in [0.25, 0.3) is 0 Å². The molecule has 3 heteroatoms. The fraction of sp³-hybridized carbons (Fsp3) is 0.625. The fourth-order valence-electron chi connectivity index (χ4n) is 2.45. The Hall–Kier alpha value is -1.06. The van der Waals surface area contributed by atoms with Gasteiger partial charge in [-0.05, 0) is 38.3 Å². The lowest BCUT2D eigenvalue weighted by molar-refractivity contribution is 0.0600. The first-order valence-corrected chi connectivity index (χ1v) is 7.31. The highest BCUT2D eigenvalue weighted by molar-refractivity contribution is 5.26. The average Bonchev–Trinajstić information content (AvgIpc) is 2.43. The predicted molar refractivity (Wildman–Crippen MR) is 77.6 cm³/mol. The summed E-state index contributed by atoms with van der Waals surface area (Å²) >= 11 is 0. The molecule has 1 heterocycles. The van der Waals surface area contributed by atoms with Crippen LogP contribution in [0.15, 0.2) is 24.3 Å². The molecule has 0 aromatic heterocycles. The van der Waals surface area contributed by atoms with E-state index in [0.717, 1.165) is 44.6 Å². The van der Waals surface area contributed by atoms with E-state index in [9.17, 15) is 5.11 Å². The number of β-amino-alcohol motifs (C(OH)–C–C–N with tert-alkyl or cyclic N) is 1. The molecule has 0 bridgehead atoms. The summed E-state index contributed by atoms with van der Waals surface area (Å²) in [5.41, 5.74) is 1.26. The minimum absolute atomic E-state index is 0.186. The third-order valence-corrected chi connectivity index (χ3v) is 3.80. The second-order valence-electron chi connectivity index (χ2n) is 5.49. The van der Waals surface area contributed by atoms with Crippen LogP contribution in [0.1, 0.15) is 31.7 Å². The Morgan fingerprint density at radius 2 is 1.89 bits per heavy atom. The predicted octanol–water partition coefficient (Wildman–Crippen LogP) is 2.61. The van der Waals surface area contributed by atoms with Crippen molar-refractivity contribution in [1.29, 1.82) is 0 Å². The number of rotatable bonds is 5. The number of likely N-dealkylation sites (tertiary alicyclic amines) is 1. The normalized spacial score (nSPS) is 19.3. The van der Waals surface area contributed by atoms with Gasteiger partial charge < -0.3 is 14.7 Å². The van der Waals surface area contributed by atoms with Gasteiger partial charge in [0.05, 0.1) is 6.10 Å². The summed E-state index contributed by atoms with van der Waals surface area (Å²) in [5.74, 6) is 0.970. The number of benzene rings is 1. The van der Waals surface area contributed by atoms with Crippen molar-refractivity contribution in [2.45, 2.75) is 45.3 Å². The van der Waals surface area contributed by atoms with Gasteiger partial charge >= 0.3 is 0 Å². The number of aliphatic hydroxyl groups is 1. The summed E-state index contributed by atoms with van der Waals surface area (Å²) in [7, 11) is 0. The Bertz CT molecular complexity index is 369. The van der Waals surface area contributed by atoms with Crippen LogP contribution in [0.3, 0.4) is 0 Å². The van der Waals surface area contributed by atoms with Gasteiger partial charge in [0.2, 0.25) is 0 Å². The molecule has 1 atom stereocenters. The molecule has 1 saturated heterocycles. The van der Waals surface area contributed by atoms with Crippen LogP contribution in [0, 0.1) is 6.92 Å². The van der Waals surface area contributed by atoms with Crippen molar-refractivity contribution in [3.8, 4) is 5.75 Å². The van der Waals surface area contributed by atoms with Crippen LogP contribution in [-0.4, -0.2) is 41.8 Å². The van der Waals surface area contributed by atoms with Crippen LogP contribution < -0.4 is 4.74 Å². The van der Waals surface area contributed by atoms with E-state index in [1.165, 1.54) is 5.56 Å². The van der Waals surface area contributed by atoms with Crippen molar-refractivity contribution in [2.24, 2.45) is 0 Å². The van der Waals surface area contributed by atoms with Gasteiger partial charge in [-0.25, -0.2) is 0 Å². The topological polar surface area (TPSA) is 32.7 Å². The maximum atomic E-state index is 9.66. The summed E-state index contributed by atoms with van der Waals surface area (Å²) in [6.07, 6.45) is 3.06. The molecule has 2 rings (SSSR count). The molecular weight excluding hydrogens is 238 g/mol. The lowest BCUT2D eigenvalue weighted by Crippen LogP contribution is -2.41. The van der Waals surface area contributed by atoms with Gasteiger partial charge in [-0.2, -0.15) is 0 Å². The molecule has 1 fully saturated rings. The molecule has 0 radical (unpaired) electrons. The molecule has 1 aromatic rings. The molecule has 1 aliphatic heterocycles. The van der Waals surface area contributed by atoms with Crippen LogP contribution in [0.25, 0.3) is 0 Å². The molecule has 106 valence electrons. The second-order valence-corrected chi connectivity index (χ2v) is 5.49. The smallest absolute Gasteiger partial charge is 0.119 e. The molecule has 1 aliphatic rings. The van der Waals surface area contributed by atoms with Gasteiger partial charge in [-0.1, -0.05) is 24.6 Å². The van der Waals surface area contributed by atoms with Gasteiger partial charge in [-0.15, -0.1) is 0 Å². The molecular formula is C16H25NO2. The number of hydrogen-bond donors (Lipinski definition) is 1. The fourth-order valence-corrected chi connectivity index (χ4v) is 2.45. The Balaban J connectivity index is 1.75. The van der Waals surface area contributed by atoms with E-state index in [0.29, 0.717) is 6.10 Å². The molecule has 0 aliphatic carbocycles. The molecule has 3 nitrogen and oxygen atoms in total. The first kappa shape index (κ1) is 14.4. The number of ether oxygens (including phenoxy) is 1. The first-order valence-electron chi connectivity index (χ1n) is 7.31. The summed E-state index contributed by atoms with van der Waals surface area (Å²) < 4.78 is 6.00. The van der Waals surface area contributed by atoms with E-state index in [1.807, 2.05) is 19.1 Å². The zero-order valence-corrected chi connectivity index (χ0v) is 12.0. The van der Waals surface area contributed by atoms with Crippen LogP contribution in [0.5, 0.6) is 5.75 Å². The SMILES string of the molecule is CCC(O)CN1CCC(Oc2ccc(C)cc2)CC1. The largest absolute Gasteiger partial charge is 0.490 e. The van der Waals surface area contributed by atoms with Gasteiger partial charge in [-0.3, -0.25) is 0 Å². The highest BCUT2D eigenvalue weighted by Gasteiger charge is 2.21. The van der Waals surface area contributed by atoms with Crippen molar-refractivity contribution >= 4 is 0 Å². The van der Waals surface area contributed by atoms with Crippen molar-refractivity contribution in [2.75, 3.05) is 19.6 Å². The number of nitrogens with zero attached hydrogens (tertiary/aromatic N) is 1. The maximum Gasteiger partial charge on any atom is 0.119 e. The quantitative estimate of drug-likeness (QED) is 0.886. The maximum absolute atomic E-state index is 9.66. The van der Waals surface area contributed by atoms with Crippen LogP contribution in [0.2, 0.25) is 0 Å². The number of piperidine rings is 1. The molecule has 1 unspecified atom stereocenters.